The molecule has 0 aliphatic carbocycles. The Morgan fingerprint density at radius 1 is 1.56 bits per heavy atom. The summed E-state index contributed by atoms with van der Waals surface area (Å²) in [5, 5.41) is 0.0922. The summed E-state index contributed by atoms with van der Waals surface area (Å²) in [5.74, 6) is 0.731. The first-order valence-corrected chi connectivity index (χ1v) is 5.72. The highest BCUT2D eigenvalue weighted by molar-refractivity contribution is 6.21. The molecular weight excluding hydrogens is 226 g/mol. The Hall–Kier alpha value is -1.22. The topological polar surface area (TPSA) is 29.5 Å². The normalized spacial score (nSPS) is 19.9. The average molecular weight is 240 g/mol. The summed E-state index contributed by atoms with van der Waals surface area (Å²) in [5.41, 5.74) is 0.658. The molecule has 1 amide bonds. The fraction of sp³-hybridized carbons (Fsp3) is 0.417. The second kappa shape index (κ2) is 4.74. The number of ether oxygens (including phenoxy) is 1. The Bertz CT molecular complexity index is 394. The van der Waals surface area contributed by atoms with Gasteiger partial charge in [0.05, 0.1) is 12.5 Å². The van der Waals surface area contributed by atoms with Crippen LogP contribution in [0.25, 0.3) is 0 Å². The molecule has 1 heterocycles. The van der Waals surface area contributed by atoms with Gasteiger partial charge in [-0.2, -0.15) is 0 Å². The Kier molecular flexibility index (Phi) is 3.34. The smallest absolute Gasteiger partial charge is 0.254 e. The molecule has 1 aromatic rings. The molecule has 0 radical (unpaired) electrons. The Balaban J connectivity index is 2.14. The van der Waals surface area contributed by atoms with Gasteiger partial charge in [-0.05, 0) is 24.6 Å². The van der Waals surface area contributed by atoms with E-state index >= 15 is 0 Å². The van der Waals surface area contributed by atoms with Gasteiger partial charge in [0.15, 0.2) is 0 Å². The van der Waals surface area contributed by atoms with Crippen molar-refractivity contribution in [3.8, 4) is 5.75 Å². The van der Waals surface area contributed by atoms with E-state index < -0.39 is 0 Å². The number of hydrogen-bond donors (Lipinski definition) is 0. The van der Waals surface area contributed by atoms with E-state index in [-0.39, 0.29) is 11.3 Å². The molecule has 0 aromatic heterocycles. The minimum absolute atomic E-state index is 0.0297. The van der Waals surface area contributed by atoms with Crippen molar-refractivity contribution in [1.29, 1.82) is 0 Å². The zero-order valence-electron chi connectivity index (χ0n) is 9.15. The summed E-state index contributed by atoms with van der Waals surface area (Å²) in [6.07, 6.45) is 0.872. The molecule has 2 rings (SSSR count). The van der Waals surface area contributed by atoms with Crippen LogP contribution in [0.4, 0.5) is 0 Å². The molecule has 4 heteroatoms. The number of nitrogens with zero attached hydrogens (tertiary/aromatic N) is 1. The van der Waals surface area contributed by atoms with Gasteiger partial charge in [-0.15, -0.1) is 11.6 Å². The largest absolute Gasteiger partial charge is 0.497 e. The summed E-state index contributed by atoms with van der Waals surface area (Å²) in [6.45, 7) is 1.38. The molecule has 0 spiro atoms. The fourth-order valence-corrected chi connectivity index (χ4v) is 2.10. The molecule has 0 bridgehead atoms. The lowest BCUT2D eigenvalue weighted by molar-refractivity contribution is 0.0792. The first-order chi connectivity index (χ1) is 7.70. The Morgan fingerprint density at radius 2 is 2.38 bits per heavy atom. The highest BCUT2D eigenvalue weighted by atomic mass is 35.5. The summed E-state index contributed by atoms with van der Waals surface area (Å²) in [4.78, 5) is 13.9. The minimum atomic E-state index is 0.0297. The van der Waals surface area contributed by atoms with Gasteiger partial charge in [0.25, 0.3) is 5.91 Å². The molecule has 16 heavy (non-hydrogen) atoms. The standard InChI is InChI=1S/C12H14ClNO2/c1-16-11-4-2-3-9(7-11)12(15)14-6-5-10(13)8-14/h2-4,7,10H,5-6,8H2,1H3. The summed E-state index contributed by atoms with van der Waals surface area (Å²) in [6, 6.07) is 7.20. The van der Waals surface area contributed by atoms with E-state index in [1.54, 1.807) is 24.1 Å². The number of carbonyl (C=O) groups excluding carboxylic acids is 1. The number of methoxy groups -OCH3 is 1. The van der Waals surface area contributed by atoms with Gasteiger partial charge in [0.1, 0.15) is 5.75 Å². The van der Waals surface area contributed by atoms with Gasteiger partial charge in [-0.1, -0.05) is 6.07 Å². The van der Waals surface area contributed by atoms with Crippen molar-refractivity contribution in [1.82, 2.24) is 4.90 Å². The second-order valence-corrected chi connectivity index (χ2v) is 4.49. The molecule has 1 fully saturated rings. The summed E-state index contributed by atoms with van der Waals surface area (Å²) >= 11 is 5.98. The molecular formula is C12H14ClNO2. The van der Waals surface area contributed by atoms with Crippen LogP contribution in [0.15, 0.2) is 24.3 Å². The zero-order chi connectivity index (χ0) is 11.5. The molecule has 1 aliphatic rings. The molecule has 1 atom stereocenters. The molecule has 3 nitrogen and oxygen atoms in total. The van der Waals surface area contributed by atoms with Crippen LogP contribution in [0.3, 0.4) is 0 Å². The van der Waals surface area contributed by atoms with Crippen molar-refractivity contribution in [2.75, 3.05) is 20.2 Å². The lowest BCUT2D eigenvalue weighted by atomic mass is 10.2. The highest BCUT2D eigenvalue weighted by Crippen LogP contribution is 2.19. The molecule has 1 aliphatic heterocycles. The average Bonchev–Trinajstić information content (AvgIpc) is 2.75. The first kappa shape index (κ1) is 11.3. The van der Waals surface area contributed by atoms with Gasteiger partial charge in [-0.3, -0.25) is 4.79 Å². The predicted octanol–water partition coefficient (Wildman–Crippen LogP) is 2.15. The maximum absolute atomic E-state index is 12.1. The number of amides is 1. The number of benzene rings is 1. The van der Waals surface area contributed by atoms with Gasteiger partial charge in [-0.25, -0.2) is 0 Å². The van der Waals surface area contributed by atoms with Crippen LogP contribution in [-0.2, 0) is 0 Å². The van der Waals surface area contributed by atoms with E-state index in [1.165, 1.54) is 0 Å². The predicted molar refractivity (Wildman–Crippen MR) is 63.2 cm³/mol. The van der Waals surface area contributed by atoms with Crippen LogP contribution < -0.4 is 4.74 Å². The molecule has 86 valence electrons. The van der Waals surface area contributed by atoms with E-state index in [9.17, 15) is 4.79 Å². The maximum Gasteiger partial charge on any atom is 0.254 e. The van der Waals surface area contributed by atoms with E-state index in [0.29, 0.717) is 17.9 Å². The van der Waals surface area contributed by atoms with Gasteiger partial charge in [0.2, 0.25) is 0 Å². The third-order valence-corrected chi connectivity index (χ3v) is 3.09. The Labute approximate surface area is 100.0 Å². The van der Waals surface area contributed by atoms with Gasteiger partial charge < -0.3 is 9.64 Å². The lowest BCUT2D eigenvalue weighted by Crippen LogP contribution is -2.28. The van der Waals surface area contributed by atoms with Crippen LogP contribution in [0.2, 0.25) is 0 Å². The van der Waals surface area contributed by atoms with E-state index in [2.05, 4.69) is 0 Å². The molecule has 0 saturated carbocycles. The number of alkyl halides is 1. The van der Waals surface area contributed by atoms with Crippen molar-refractivity contribution in [3.63, 3.8) is 0 Å². The fourth-order valence-electron chi connectivity index (χ4n) is 1.84. The Morgan fingerprint density at radius 3 is 3.00 bits per heavy atom. The number of likely N-dealkylation sites (tertiary alicyclic amines) is 1. The first-order valence-electron chi connectivity index (χ1n) is 5.28. The van der Waals surface area contributed by atoms with Gasteiger partial charge >= 0.3 is 0 Å². The monoisotopic (exact) mass is 239 g/mol. The maximum atomic E-state index is 12.1. The second-order valence-electron chi connectivity index (χ2n) is 3.87. The van der Waals surface area contributed by atoms with Crippen molar-refractivity contribution >= 4 is 17.5 Å². The number of halogens is 1. The summed E-state index contributed by atoms with van der Waals surface area (Å²) < 4.78 is 5.09. The third kappa shape index (κ3) is 2.30. The van der Waals surface area contributed by atoms with Crippen LogP contribution in [0, 0.1) is 0 Å². The zero-order valence-corrected chi connectivity index (χ0v) is 9.91. The molecule has 0 N–H and O–H groups in total. The third-order valence-electron chi connectivity index (χ3n) is 2.73. The molecule has 1 aromatic carbocycles. The quantitative estimate of drug-likeness (QED) is 0.741. The van der Waals surface area contributed by atoms with Crippen molar-refractivity contribution in [2.24, 2.45) is 0 Å². The van der Waals surface area contributed by atoms with E-state index in [4.69, 9.17) is 16.3 Å². The van der Waals surface area contributed by atoms with Crippen molar-refractivity contribution in [2.45, 2.75) is 11.8 Å². The molecule has 1 unspecified atom stereocenters. The minimum Gasteiger partial charge on any atom is -0.497 e. The van der Waals surface area contributed by atoms with Crippen LogP contribution in [0.1, 0.15) is 16.8 Å². The van der Waals surface area contributed by atoms with Gasteiger partial charge in [0, 0.05) is 18.7 Å². The van der Waals surface area contributed by atoms with Crippen molar-refractivity contribution < 1.29 is 9.53 Å². The van der Waals surface area contributed by atoms with E-state index in [1.807, 2.05) is 12.1 Å². The molecule has 1 saturated heterocycles. The van der Waals surface area contributed by atoms with E-state index in [0.717, 1.165) is 13.0 Å². The number of carbonyl (C=O) groups is 1. The number of rotatable bonds is 2. The highest BCUT2D eigenvalue weighted by Gasteiger charge is 2.25. The SMILES string of the molecule is COc1cccc(C(=O)N2CCC(Cl)C2)c1. The van der Waals surface area contributed by atoms with Crippen LogP contribution in [-0.4, -0.2) is 36.4 Å². The van der Waals surface area contributed by atoms with Crippen LogP contribution >= 0.6 is 11.6 Å². The lowest BCUT2D eigenvalue weighted by Gasteiger charge is -2.15. The number of hydrogen-bond acceptors (Lipinski definition) is 2. The van der Waals surface area contributed by atoms with Crippen LogP contribution in [0.5, 0.6) is 5.75 Å². The van der Waals surface area contributed by atoms with Crippen molar-refractivity contribution in [3.05, 3.63) is 29.8 Å². The summed E-state index contributed by atoms with van der Waals surface area (Å²) in [7, 11) is 1.59.